The van der Waals surface area contributed by atoms with Gasteiger partial charge in [-0.3, -0.25) is 0 Å². The van der Waals surface area contributed by atoms with Gasteiger partial charge in [-0.1, -0.05) is 100 Å². The van der Waals surface area contributed by atoms with Gasteiger partial charge in [-0.25, -0.2) is 0 Å². The average molecular weight is 755 g/mol. The van der Waals surface area contributed by atoms with E-state index in [1.54, 1.807) is 0 Å². The van der Waals surface area contributed by atoms with Gasteiger partial charge in [0.15, 0.2) is 5.75 Å². The van der Waals surface area contributed by atoms with Gasteiger partial charge in [0.05, 0.1) is 11.4 Å². The number of ether oxygens (including phenoxy) is 1. The van der Waals surface area contributed by atoms with Crippen LogP contribution in [0.1, 0.15) is 57.2 Å². The van der Waals surface area contributed by atoms with Crippen LogP contribution in [0, 0.1) is 6.92 Å². The fourth-order valence-electron chi connectivity index (χ4n) is 10.8. The number of thiophene rings is 1. The van der Waals surface area contributed by atoms with E-state index in [4.69, 9.17) is 9.15 Å². The first-order valence-corrected chi connectivity index (χ1v) is 21.1. The van der Waals surface area contributed by atoms with Gasteiger partial charge in [0.2, 0.25) is 0 Å². The maximum absolute atomic E-state index is 6.79. The Hall–Kier alpha value is -5.98. The normalized spacial score (nSPS) is 16.7. The van der Waals surface area contributed by atoms with Crippen molar-refractivity contribution in [1.29, 1.82) is 0 Å². The van der Waals surface area contributed by atoms with E-state index in [1.807, 2.05) is 11.3 Å². The zero-order chi connectivity index (χ0) is 38.1. The lowest BCUT2D eigenvalue weighted by atomic mass is 9.43. The Morgan fingerprint density at radius 2 is 1.35 bits per heavy atom. The molecule has 4 aliphatic rings. The highest BCUT2D eigenvalue weighted by Gasteiger charge is 2.49. The second-order valence-electron chi connectivity index (χ2n) is 17.9. The van der Waals surface area contributed by atoms with E-state index in [9.17, 15) is 0 Å². The minimum atomic E-state index is -0.124. The Kier molecular flexibility index (Phi) is 6.03. The summed E-state index contributed by atoms with van der Waals surface area (Å²) in [4.78, 5) is 5.20. The molecule has 6 heteroatoms. The van der Waals surface area contributed by atoms with Gasteiger partial charge in [0.1, 0.15) is 16.9 Å². The maximum Gasteiger partial charge on any atom is 0.333 e. The average Bonchev–Trinajstić information content (AvgIpc) is 3.77. The molecule has 0 unspecified atom stereocenters. The monoisotopic (exact) mass is 754 g/mol. The molecule has 0 N–H and O–H groups in total. The highest BCUT2D eigenvalue weighted by Crippen LogP contribution is 2.58. The van der Waals surface area contributed by atoms with Gasteiger partial charge in [-0.15, -0.1) is 11.3 Å². The molecular weight excluding hydrogens is 715 g/mol. The Morgan fingerprint density at radius 1 is 0.614 bits per heavy atom. The number of hydrogen-bond donors (Lipinski definition) is 0. The van der Waals surface area contributed by atoms with E-state index in [0.717, 1.165) is 56.9 Å². The largest absolute Gasteiger partial charge is 0.456 e. The Bertz CT molecular complexity index is 3280. The third kappa shape index (κ3) is 4.09. The summed E-state index contributed by atoms with van der Waals surface area (Å²) >= 11 is 1.92. The summed E-state index contributed by atoms with van der Waals surface area (Å²) in [6.07, 6.45) is 2.34. The van der Waals surface area contributed by atoms with Crippen molar-refractivity contribution >= 4 is 99.7 Å². The predicted octanol–water partition coefficient (Wildman–Crippen LogP) is 13.4. The van der Waals surface area contributed by atoms with Crippen molar-refractivity contribution in [3.63, 3.8) is 0 Å². The first-order chi connectivity index (χ1) is 27.7. The molecule has 0 bridgehead atoms. The van der Waals surface area contributed by atoms with Crippen molar-refractivity contribution in [2.45, 2.75) is 58.3 Å². The predicted molar refractivity (Wildman–Crippen MR) is 240 cm³/mol. The highest BCUT2D eigenvalue weighted by atomic mass is 32.1. The first kappa shape index (κ1) is 32.1. The fourth-order valence-corrected chi connectivity index (χ4v) is 12.1. The summed E-state index contributed by atoms with van der Waals surface area (Å²) in [7, 11) is 0. The molecule has 0 amide bonds. The maximum atomic E-state index is 6.79. The zero-order valence-electron chi connectivity index (χ0n) is 32.7. The molecule has 2 aromatic heterocycles. The first-order valence-electron chi connectivity index (χ1n) is 20.2. The minimum Gasteiger partial charge on any atom is -0.456 e. The van der Waals surface area contributed by atoms with Crippen LogP contribution in [0.15, 0.2) is 126 Å². The molecule has 0 fully saturated rings. The molecule has 9 aromatic rings. The van der Waals surface area contributed by atoms with Crippen molar-refractivity contribution in [3.8, 4) is 22.6 Å². The van der Waals surface area contributed by atoms with Crippen molar-refractivity contribution in [3.05, 3.63) is 138 Å². The van der Waals surface area contributed by atoms with Crippen molar-refractivity contribution in [2.24, 2.45) is 0 Å². The summed E-state index contributed by atoms with van der Waals surface area (Å²) in [5.74, 6) is 1.77. The summed E-state index contributed by atoms with van der Waals surface area (Å²) < 4.78 is 16.2. The van der Waals surface area contributed by atoms with Crippen LogP contribution < -0.4 is 25.4 Å². The third-order valence-corrected chi connectivity index (χ3v) is 15.0. The second-order valence-corrected chi connectivity index (χ2v) is 19.0. The van der Waals surface area contributed by atoms with Crippen LogP contribution in [0.25, 0.3) is 53.2 Å². The van der Waals surface area contributed by atoms with Gasteiger partial charge >= 0.3 is 6.85 Å². The van der Waals surface area contributed by atoms with Crippen LogP contribution in [-0.2, 0) is 10.8 Å². The number of benzene rings is 7. The number of furan rings is 1. The van der Waals surface area contributed by atoms with Gasteiger partial charge in [-0.05, 0) is 101 Å². The molecule has 274 valence electrons. The van der Waals surface area contributed by atoms with E-state index in [0.29, 0.717) is 0 Å². The van der Waals surface area contributed by atoms with Crippen molar-refractivity contribution < 1.29 is 9.15 Å². The molecule has 1 aliphatic carbocycles. The molecule has 7 aromatic carbocycles. The topological polar surface area (TPSA) is 28.9 Å². The molecule has 0 saturated heterocycles. The molecule has 5 heterocycles. The van der Waals surface area contributed by atoms with Crippen LogP contribution in [0.3, 0.4) is 0 Å². The Morgan fingerprint density at radius 3 is 2.21 bits per heavy atom. The molecule has 4 nitrogen and oxygen atoms in total. The quantitative estimate of drug-likeness (QED) is 0.156. The molecule has 0 atom stereocenters. The van der Waals surface area contributed by atoms with Gasteiger partial charge in [0.25, 0.3) is 0 Å². The highest BCUT2D eigenvalue weighted by molar-refractivity contribution is 7.26. The molecule has 57 heavy (non-hydrogen) atoms. The lowest BCUT2D eigenvalue weighted by molar-refractivity contribution is 0.332. The summed E-state index contributed by atoms with van der Waals surface area (Å²) in [5.41, 5.74) is 17.2. The third-order valence-electron chi connectivity index (χ3n) is 13.8. The molecule has 0 saturated carbocycles. The van der Waals surface area contributed by atoms with E-state index in [-0.39, 0.29) is 17.7 Å². The van der Waals surface area contributed by atoms with E-state index in [1.165, 1.54) is 76.7 Å². The second kappa shape index (κ2) is 10.7. The molecule has 3 aliphatic heterocycles. The van der Waals surface area contributed by atoms with Gasteiger partial charge < -0.3 is 18.9 Å². The molecule has 0 spiro atoms. The summed E-state index contributed by atoms with van der Waals surface area (Å²) in [5, 5.41) is 4.87. The zero-order valence-corrected chi connectivity index (χ0v) is 33.5. The number of rotatable bonds is 1. The smallest absolute Gasteiger partial charge is 0.333 e. The standard InChI is InChI=1S/C51H39BN2O2S/c1-28-23-34-35(51(4,5)22-21-50(34,2)3)26-38(28)53-39-27-44-32(29-13-6-9-17-41(29)55-44)24-36(39)52-47-40(53)25-33-30-14-7-11-20-45(30)57-49(33)46(47)31-15-12-19-43-48(31)54(52)37-16-8-10-18-42(37)56-43/h6-20,23-27H,21-22H2,1-5H3. The SMILES string of the molecule is Cc1cc2c(cc1N1c3cc4oc5ccccc5c4cc3B3c4c1cc1c(sc5ccccc51)c4-c1cccc4c1N3c1ccccc1O4)C(C)(C)CCC2(C)C. The van der Waals surface area contributed by atoms with Gasteiger partial charge in [0, 0.05) is 65.2 Å². The number of fused-ring (bicyclic) bond motifs is 14. The van der Waals surface area contributed by atoms with Crippen LogP contribution >= 0.6 is 11.3 Å². The number of anilines is 5. The van der Waals surface area contributed by atoms with Crippen molar-refractivity contribution in [1.82, 2.24) is 0 Å². The minimum absolute atomic E-state index is 0.0525. The number of nitrogens with zero attached hydrogens (tertiary/aromatic N) is 2. The van der Waals surface area contributed by atoms with Crippen LogP contribution in [0.2, 0.25) is 0 Å². The van der Waals surface area contributed by atoms with Gasteiger partial charge in [-0.2, -0.15) is 0 Å². The number of aryl methyl sites for hydroxylation is 1. The molecular formula is C51H39BN2O2S. The van der Waals surface area contributed by atoms with Crippen LogP contribution in [-0.4, -0.2) is 6.85 Å². The Labute approximate surface area is 336 Å². The van der Waals surface area contributed by atoms with E-state index < -0.39 is 0 Å². The molecule has 0 radical (unpaired) electrons. The van der Waals surface area contributed by atoms with E-state index in [2.05, 4.69) is 166 Å². The van der Waals surface area contributed by atoms with Crippen LogP contribution in [0.5, 0.6) is 11.5 Å². The lowest BCUT2D eigenvalue weighted by Crippen LogP contribution is -2.62. The number of para-hydroxylation sites is 4. The summed E-state index contributed by atoms with van der Waals surface area (Å²) in [6, 6.07) is 45.0. The Balaban J connectivity index is 1.23. The lowest BCUT2D eigenvalue weighted by Gasteiger charge is -2.48. The summed E-state index contributed by atoms with van der Waals surface area (Å²) in [6.45, 7) is 11.9. The fraction of sp³-hybridized carbons (Fsp3) is 0.176. The van der Waals surface area contributed by atoms with Crippen molar-refractivity contribution in [2.75, 3.05) is 9.71 Å². The number of hydrogen-bond acceptors (Lipinski definition) is 5. The van der Waals surface area contributed by atoms with E-state index >= 15 is 0 Å². The van der Waals surface area contributed by atoms with Crippen LogP contribution in [0.4, 0.5) is 28.4 Å². The molecule has 13 rings (SSSR count).